The van der Waals surface area contributed by atoms with E-state index in [1.165, 1.54) is 5.57 Å². The van der Waals surface area contributed by atoms with Gasteiger partial charge in [-0.1, -0.05) is 60.1 Å². The first-order valence-electron chi connectivity index (χ1n) is 24.3. The molecule has 8 aliphatic rings. The van der Waals surface area contributed by atoms with E-state index in [0.717, 1.165) is 38.5 Å². The molecule has 3 saturated heterocycles. The Morgan fingerprint density at radius 1 is 0.672 bits per heavy atom. The van der Waals surface area contributed by atoms with Gasteiger partial charge in [-0.3, -0.25) is 4.79 Å². The fourth-order valence-electron chi connectivity index (χ4n) is 14.9. The molecule has 0 aromatic carbocycles. The molecule has 67 heavy (non-hydrogen) atoms. The van der Waals surface area contributed by atoms with Crippen molar-refractivity contribution in [2.45, 2.75) is 204 Å². The molecule has 3 aliphatic heterocycles. The second-order valence-electron chi connectivity index (χ2n) is 23.4. The average molecular weight is 957 g/mol. The maximum Gasteiger partial charge on any atom is 0.335 e. The van der Waals surface area contributed by atoms with Crippen LogP contribution in [0.4, 0.5) is 0 Å². The lowest BCUT2D eigenvalue weighted by atomic mass is 9.33. The topological polar surface area (TPSA) is 312 Å². The average Bonchev–Trinajstić information content (AvgIpc) is 3.27. The molecule has 0 amide bonds. The highest BCUT2D eigenvalue weighted by molar-refractivity contribution is 5.87. The number of ketones is 1. The molecule has 0 bridgehead atoms. The van der Waals surface area contributed by atoms with Crippen LogP contribution < -0.4 is 0 Å². The zero-order chi connectivity index (χ0) is 49.1. The molecule has 0 aromatic heterocycles. The van der Waals surface area contributed by atoms with E-state index in [9.17, 15) is 65.8 Å². The lowest BCUT2D eigenvalue weighted by Crippen LogP contribution is -2.68. The molecule has 11 N–H and O–H groups in total. The highest BCUT2D eigenvalue weighted by Crippen LogP contribution is 2.75. The maximum absolute atomic E-state index is 13.8. The fraction of sp³-hybridized carbons (Fsp3) is 0.917. The molecule has 8 rings (SSSR count). The highest BCUT2D eigenvalue weighted by Gasteiger charge is 2.70. The summed E-state index contributed by atoms with van der Waals surface area (Å²) >= 11 is 0. The van der Waals surface area contributed by atoms with Crippen LogP contribution in [0.1, 0.15) is 106 Å². The normalized spacial score (nSPS) is 54.2. The van der Waals surface area contributed by atoms with Crippen molar-refractivity contribution >= 4 is 11.8 Å². The monoisotopic (exact) mass is 956 g/mol. The van der Waals surface area contributed by atoms with Gasteiger partial charge in [-0.25, -0.2) is 4.79 Å². The predicted molar refractivity (Wildman–Crippen MR) is 231 cm³/mol. The van der Waals surface area contributed by atoms with Gasteiger partial charge < -0.3 is 84.6 Å². The summed E-state index contributed by atoms with van der Waals surface area (Å²) in [5.74, 6) is -0.996. The van der Waals surface area contributed by atoms with Crippen LogP contribution in [0.25, 0.3) is 0 Å². The molecular formula is C48H76O19. The SMILES string of the molecule is CC1(C)CC(=O)C2(C)CCC3(C)C(=CCC4C5(C)CCC(O[C@@H]6O[C@H](C(=O)O)[C@@H](O)[C@@H](O)[C@H]6O[C@@H]6O[C@H](CO)[C@H](O)[C@@H](O)[C@H]6O[C@@H]6O[C@H](CO)[C@@H](O)[C@@H](O)[C@H]6O)C(C)(CO)C5CCC43C)C2C1. The first-order chi connectivity index (χ1) is 31.3. The summed E-state index contributed by atoms with van der Waals surface area (Å²) in [5.41, 5.74) is -0.597. The lowest BCUT2D eigenvalue weighted by molar-refractivity contribution is -0.397. The lowest BCUT2D eigenvalue weighted by Gasteiger charge is -2.71. The minimum atomic E-state index is -2.10. The van der Waals surface area contributed by atoms with E-state index in [1.807, 2.05) is 6.92 Å². The summed E-state index contributed by atoms with van der Waals surface area (Å²) in [5, 5.41) is 118. The smallest absolute Gasteiger partial charge is 0.335 e. The number of carbonyl (C=O) groups excluding carboxylic acids is 1. The van der Waals surface area contributed by atoms with Crippen LogP contribution in [-0.4, -0.2) is 186 Å². The largest absolute Gasteiger partial charge is 0.479 e. The minimum Gasteiger partial charge on any atom is -0.479 e. The third kappa shape index (κ3) is 8.01. The number of carboxylic acid groups (broad SMARTS) is 1. The van der Waals surface area contributed by atoms with Crippen molar-refractivity contribution in [2.24, 2.45) is 50.2 Å². The number of hydrogen-bond acceptors (Lipinski definition) is 18. The number of carbonyl (C=O) groups is 2. The molecule has 3 heterocycles. The van der Waals surface area contributed by atoms with Gasteiger partial charge in [-0.15, -0.1) is 0 Å². The van der Waals surface area contributed by atoms with Crippen LogP contribution in [0, 0.1) is 50.2 Å². The summed E-state index contributed by atoms with van der Waals surface area (Å²) in [6.07, 6.45) is -19.5. The number of allylic oxidation sites excluding steroid dienone is 2. The van der Waals surface area contributed by atoms with Gasteiger partial charge in [0.15, 0.2) is 25.0 Å². The molecule has 0 spiro atoms. The van der Waals surface area contributed by atoms with E-state index in [0.29, 0.717) is 25.0 Å². The number of hydrogen-bond donors (Lipinski definition) is 11. The maximum atomic E-state index is 13.8. The van der Waals surface area contributed by atoms with Gasteiger partial charge >= 0.3 is 5.97 Å². The van der Waals surface area contributed by atoms with Crippen LogP contribution in [0.3, 0.4) is 0 Å². The van der Waals surface area contributed by atoms with Crippen molar-refractivity contribution in [3.63, 3.8) is 0 Å². The molecule has 19 heteroatoms. The molecule has 4 saturated carbocycles. The van der Waals surface area contributed by atoms with Crippen LogP contribution in [-0.2, 0) is 38.0 Å². The van der Waals surface area contributed by atoms with E-state index in [1.54, 1.807) is 0 Å². The van der Waals surface area contributed by atoms with Crippen molar-refractivity contribution in [1.82, 2.24) is 0 Å². The van der Waals surface area contributed by atoms with Gasteiger partial charge in [0.2, 0.25) is 0 Å². The Kier molecular flexibility index (Phi) is 13.9. The molecule has 382 valence electrons. The Morgan fingerprint density at radius 3 is 1.87 bits per heavy atom. The summed E-state index contributed by atoms with van der Waals surface area (Å²) in [6, 6.07) is 0. The molecule has 0 radical (unpaired) electrons. The molecule has 24 atom stereocenters. The van der Waals surface area contributed by atoms with Crippen molar-refractivity contribution in [3.05, 3.63) is 11.6 Å². The van der Waals surface area contributed by atoms with Gasteiger partial charge in [0, 0.05) is 17.3 Å². The predicted octanol–water partition coefficient (Wildman–Crippen LogP) is -0.115. The molecule has 5 aliphatic carbocycles. The standard InChI is InChI=1S/C48H76O19/c1-43(2)16-22-21-8-9-26-45(4)12-11-28(46(5,20-51)25(45)10-13-48(26,7)47(21,6)15-14-44(22,3)27(52)17-43)64-42-38(34(58)33(57)36(65-42)39(60)61)67-41-37(32(56)30(54)24(19-50)63-41)66-40-35(59)31(55)29(53)23(18-49)62-40/h8,22-26,28-38,40-42,49-51,53-59H,9-20H2,1-7H3,(H,60,61)/t22?,23-,24-,25?,26?,28?,29-,30+,31-,32-,33+,34-,35-,36+,37-,38-,40+,41+,42-,44?,45?,46?,47?,48?/m1/s1. The van der Waals surface area contributed by atoms with Crippen molar-refractivity contribution < 1.29 is 94.2 Å². The number of aliphatic hydroxyl groups is 10. The summed E-state index contributed by atoms with van der Waals surface area (Å²) in [6.45, 7) is 13.7. The first kappa shape index (κ1) is 51.6. The van der Waals surface area contributed by atoms with E-state index in [4.69, 9.17) is 28.4 Å². The van der Waals surface area contributed by atoms with E-state index >= 15 is 0 Å². The van der Waals surface area contributed by atoms with Crippen molar-refractivity contribution in [2.75, 3.05) is 19.8 Å². The van der Waals surface area contributed by atoms with Gasteiger partial charge in [0.1, 0.15) is 72.9 Å². The fourth-order valence-corrected chi connectivity index (χ4v) is 14.9. The number of ether oxygens (including phenoxy) is 6. The van der Waals surface area contributed by atoms with Crippen LogP contribution >= 0.6 is 0 Å². The minimum absolute atomic E-state index is 0.0909. The summed E-state index contributed by atoms with van der Waals surface area (Å²) < 4.78 is 35.9. The molecule has 9 unspecified atom stereocenters. The third-order valence-electron chi connectivity index (χ3n) is 19.3. The number of carboxylic acids is 1. The number of aliphatic hydroxyl groups excluding tert-OH is 10. The Morgan fingerprint density at radius 2 is 1.25 bits per heavy atom. The van der Waals surface area contributed by atoms with Gasteiger partial charge in [0.25, 0.3) is 0 Å². The number of aliphatic carboxylic acids is 1. The highest BCUT2D eigenvalue weighted by atomic mass is 16.8. The Labute approximate surface area is 391 Å². The van der Waals surface area contributed by atoms with E-state index < -0.39 is 123 Å². The third-order valence-corrected chi connectivity index (χ3v) is 19.3. The second-order valence-corrected chi connectivity index (χ2v) is 23.4. The quantitative estimate of drug-likeness (QED) is 0.101. The number of Topliss-reactive ketones (excluding diaryl/α,β-unsaturated/α-hetero) is 1. The van der Waals surface area contributed by atoms with Crippen molar-refractivity contribution in [3.8, 4) is 0 Å². The van der Waals surface area contributed by atoms with Crippen molar-refractivity contribution in [1.29, 1.82) is 0 Å². The Bertz CT molecular complexity index is 1880. The van der Waals surface area contributed by atoms with Crippen LogP contribution in [0.15, 0.2) is 11.6 Å². The van der Waals surface area contributed by atoms with Gasteiger partial charge in [0.05, 0.1) is 25.9 Å². The van der Waals surface area contributed by atoms with Gasteiger partial charge in [-0.05, 0) is 90.8 Å². The molecular weight excluding hydrogens is 881 g/mol. The zero-order valence-corrected chi connectivity index (χ0v) is 39.7. The van der Waals surface area contributed by atoms with Crippen LogP contribution in [0.5, 0.6) is 0 Å². The number of rotatable bonds is 10. The second kappa shape index (κ2) is 18.1. The van der Waals surface area contributed by atoms with E-state index in [2.05, 4.69) is 47.6 Å². The number of fused-ring (bicyclic) bond motifs is 7. The first-order valence-corrected chi connectivity index (χ1v) is 24.3. The zero-order valence-electron chi connectivity index (χ0n) is 39.7. The van der Waals surface area contributed by atoms with Gasteiger partial charge in [-0.2, -0.15) is 0 Å². The van der Waals surface area contributed by atoms with Crippen LogP contribution in [0.2, 0.25) is 0 Å². The van der Waals surface area contributed by atoms with E-state index in [-0.39, 0.29) is 51.4 Å². The Hall–Kier alpha value is -1.76. The Balaban J connectivity index is 1.08. The molecule has 0 aromatic rings. The summed E-state index contributed by atoms with van der Waals surface area (Å²) in [4.78, 5) is 26.3. The molecule has 7 fully saturated rings. The summed E-state index contributed by atoms with van der Waals surface area (Å²) in [7, 11) is 0. The molecule has 19 nitrogen and oxygen atoms in total.